The highest BCUT2D eigenvalue weighted by Crippen LogP contribution is 2.59. The Morgan fingerprint density at radius 2 is 1.59 bits per heavy atom. The Kier molecular flexibility index (Phi) is 5.86. The van der Waals surface area contributed by atoms with E-state index in [1.54, 1.807) is 0 Å². The summed E-state index contributed by atoms with van der Waals surface area (Å²) in [7, 11) is 0. The lowest BCUT2D eigenvalue weighted by Gasteiger charge is -2.57. The lowest BCUT2D eigenvalue weighted by atomic mass is 9.53. The van der Waals surface area contributed by atoms with E-state index in [1.807, 2.05) is 0 Å². The van der Waals surface area contributed by atoms with E-state index in [2.05, 4.69) is 89.4 Å². The van der Waals surface area contributed by atoms with E-state index in [-0.39, 0.29) is 11.2 Å². The number of benzene rings is 2. The maximum absolute atomic E-state index is 6.29. The quantitative estimate of drug-likeness (QED) is 0.416. The predicted octanol–water partition coefficient (Wildman–Crippen LogP) is 7.24. The summed E-state index contributed by atoms with van der Waals surface area (Å²) in [6.07, 6.45) is 7.05. The van der Waals surface area contributed by atoms with Crippen molar-refractivity contribution >= 4 is 26.2 Å². The molecule has 6 rings (SSSR count). The molecule has 2 unspecified atom stereocenters. The Balaban J connectivity index is 1.36. The van der Waals surface area contributed by atoms with Gasteiger partial charge in [0.2, 0.25) is 0 Å². The van der Waals surface area contributed by atoms with Crippen molar-refractivity contribution in [3.63, 3.8) is 0 Å². The topological polar surface area (TPSA) is 34.1 Å². The summed E-state index contributed by atoms with van der Waals surface area (Å²) in [4.78, 5) is 0. The van der Waals surface area contributed by atoms with Gasteiger partial charge in [0.05, 0.1) is 24.9 Å². The van der Waals surface area contributed by atoms with Crippen LogP contribution < -0.4 is 5.01 Å². The number of hydrogen-bond acceptors (Lipinski definition) is 4. The molecule has 34 heavy (non-hydrogen) atoms. The minimum Gasteiger partial charge on any atom is -0.347 e. The maximum Gasteiger partial charge on any atom is 0.171 e. The van der Waals surface area contributed by atoms with Crippen LogP contribution in [0.15, 0.2) is 59.7 Å². The van der Waals surface area contributed by atoms with Gasteiger partial charge in [-0.1, -0.05) is 69.2 Å². The van der Waals surface area contributed by atoms with Crippen LogP contribution in [-0.4, -0.2) is 29.7 Å². The van der Waals surface area contributed by atoms with E-state index in [1.165, 1.54) is 42.5 Å². The van der Waals surface area contributed by atoms with Gasteiger partial charge in [0.15, 0.2) is 5.79 Å². The summed E-state index contributed by atoms with van der Waals surface area (Å²) < 4.78 is 13.7. The monoisotopic (exact) mass is 522 g/mol. The van der Waals surface area contributed by atoms with Gasteiger partial charge in [-0.05, 0) is 69.8 Å². The molecule has 0 aromatic heterocycles. The van der Waals surface area contributed by atoms with Gasteiger partial charge in [0.25, 0.3) is 0 Å². The largest absolute Gasteiger partial charge is 0.347 e. The van der Waals surface area contributed by atoms with Crippen LogP contribution in [0.3, 0.4) is 0 Å². The highest BCUT2D eigenvalue weighted by Gasteiger charge is 2.61. The Morgan fingerprint density at radius 3 is 2.32 bits per heavy atom. The number of hydrazone groups is 1. The van der Waals surface area contributed by atoms with Crippen LogP contribution >= 0.6 is 15.9 Å². The second-order valence-electron chi connectivity index (χ2n) is 10.9. The molecule has 2 aromatic rings. The molecule has 4 aliphatic rings. The van der Waals surface area contributed by atoms with Crippen molar-refractivity contribution in [2.45, 2.75) is 64.2 Å². The van der Waals surface area contributed by atoms with E-state index in [9.17, 15) is 0 Å². The third-order valence-electron chi connectivity index (χ3n) is 9.28. The third kappa shape index (κ3) is 3.58. The molecule has 0 N–H and O–H groups in total. The lowest BCUT2D eigenvalue weighted by Crippen LogP contribution is -2.59. The molecule has 0 bridgehead atoms. The van der Waals surface area contributed by atoms with Crippen LogP contribution in [0.4, 0.5) is 5.69 Å². The van der Waals surface area contributed by atoms with Gasteiger partial charge >= 0.3 is 0 Å². The van der Waals surface area contributed by atoms with Gasteiger partial charge in [-0.15, -0.1) is 0 Å². The van der Waals surface area contributed by atoms with E-state index in [4.69, 9.17) is 14.6 Å². The van der Waals surface area contributed by atoms with Crippen molar-refractivity contribution in [1.29, 1.82) is 0 Å². The molecule has 2 saturated carbocycles. The number of halogens is 1. The summed E-state index contributed by atoms with van der Waals surface area (Å²) in [5.74, 6) is 0.992. The summed E-state index contributed by atoms with van der Waals surface area (Å²) in [5, 5.41) is 7.49. The molecule has 0 radical (unpaired) electrons. The molecule has 2 aromatic carbocycles. The Bertz CT molecular complexity index is 1050. The van der Waals surface area contributed by atoms with Crippen LogP contribution in [-0.2, 0) is 9.47 Å². The van der Waals surface area contributed by atoms with Crippen molar-refractivity contribution in [3.8, 4) is 11.1 Å². The van der Waals surface area contributed by atoms with Crippen molar-refractivity contribution < 1.29 is 9.47 Å². The normalized spacial score (nSPS) is 34.8. The van der Waals surface area contributed by atoms with Crippen molar-refractivity contribution in [2.75, 3.05) is 18.2 Å². The SMILES string of the molecule is C[C@@H]1[C@@H]2CCCCC3C(Br)=NN(c4ccc(-c5ccccc5)cc4)C3[C@]2(C)CCC12OCCO2. The molecule has 4 nitrogen and oxygen atoms in total. The summed E-state index contributed by atoms with van der Waals surface area (Å²) in [6.45, 7) is 6.38. The third-order valence-corrected chi connectivity index (χ3v) is 10.0. The predicted molar refractivity (Wildman–Crippen MR) is 141 cm³/mol. The molecular formula is C29H35BrN2O2. The van der Waals surface area contributed by atoms with Gasteiger partial charge in [0, 0.05) is 18.3 Å². The number of hydrogen-bond donors (Lipinski definition) is 0. The zero-order valence-electron chi connectivity index (χ0n) is 20.3. The number of rotatable bonds is 2. The minimum atomic E-state index is -0.377. The summed E-state index contributed by atoms with van der Waals surface area (Å²) in [5.41, 5.74) is 3.82. The average molecular weight is 524 g/mol. The molecule has 1 spiro atoms. The standard InChI is InChI=1S/C29H35BrN2O2/c1-20-25-11-7-6-10-24-26(28(25,2)16-17-29(20)33-18-19-34-29)32(31-27(24)30)23-14-12-22(13-15-23)21-8-4-3-5-9-21/h3-5,8-9,12-15,20,24-26H,6-7,10-11,16-19H2,1-2H3/t20-,24?,25+,26?,28-/m1/s1. The molecule has 5 heteroatoms. The lowest BCUT2D eigenvalue weighted by molar-refractivity contribution is -0.246. The number of ether oxygens (including phenoxy) is 2. The molecular weight excluding hydrogens is 488 g/mol. The summed E-state index contributed by atoms with van der Waals surface area (Å²) >= 11 is 3.90. The highest BCUT2D eigenvalue weighted by molar-refractivity contribution is 9.18. The van der Waals surface area contributed by atoms with Gasteiger partial charge in [-0.2, -0.15) is 5.10 Å². The molecule has 5 atom stereocenters. The maximum atomic E-state index is 6.29. The molecule has 3 fully saturated rings. The first kappa shape index (κ1) is 22.8. The number of fused-ring (bicyclic) bond motifs is 3. The Hall–Kier alpha value is -1.69. The fraction of sp³-hybridized carbons (Fsp3) is 0.552. The second kappa shape index (κ2) is 8.76. The smallest absolute Gasteiger partial charge is 0.171 e. The number of nitrogens with zero attached hydrogens (tertiary/aromatic N) is 2. The molecule has 180 valence electrons. The van der Waals surface area contributed by atoms with E-state index in [0.29, 0.717) is 23.8 Å². The fourth-order valence-corrected chi connectivity index (χ4v) is 8.15. The van der Waals surface area contributed by atoms with E-state index in [0.717, 1.165) is 30.7 Å². The Labute approximate surface area is 211 Å². The first-order chi connectivity index (χ1) is 16.5. The molecule has 1 saturated heterocycles. The van der Waals surface area contributed by atoms with Crippen LogP contribution in [0.5, 0.6) is 0 Å². The van der Waals surface area contributed by atoms with Gasteiger partial charge in [-0.3, -0.25) is 5.01 Å². The highest BCUT2D eigenvalue weighted by atomic mass is 79.9. The fourth-order valence-electron chi connectivity index (χ4n) is 7.50. The number of anilines is 1. The van der Waals surface area contributed by atoms with Gasteiger partial charge in [0.1, 0.15) is 4.62 Å². The average Bonchev–Trinajstić information content (AvgIpc) is 3.46. The first-order valence-electron chi connectivity index (χ1n) is 13.0. The first-order valence-corrected chi connectivity index (χ1v) is 13.8. The minimum absolute atomic E-state index is 0.141. The van der Waals surface area contributed by atoms with Gasteiger partial charge in [-0.25, -0.2) is 0 Å². The van der Waals surface area contributed by atoms with Crippen LogP contribution in [0.2, 0.25) is 0 Å². The van der Waals surface area contributed by atoms with Crippen LogP contribution in [0.1, 0.15) is 52.4 Å². The van der Waals surface area contributed by atoms with Crippen molar-refractivity contribution in [2.24, 2.45) is 28.3 Å². The van der Waals surface area contributed by atoms with Crippen molar-refractivity contribution in [3.05, 3.63) is 54.6 Å². The zero-order chi connectivity index (χ0) is 23.3. The molecule has 2 heterocycles. The van der Waals surface area contributed by atoms with Gasteiger partial charge < -0.3 is 9.47 Å². The van der Waals surface area contributed by atoms with E-state index < -0.39 is 0 Å². The zero-order valence-corrected chi connectivity index (χ0v) is 21.8. The van der Waals surface area contributed by atoms with Crippen molar-refractivity contribution in [1.82, 2.24) is 0 Å². The second-order valence-corrected chi connectivity index (χ2v) is 11.7. The molecule has 0 amide bonds. The van der Waals surface area contributed by atoms with Crippen LogP contribution in [0.25, 0.3) is 11.1 Å². The Morgan fingerprint density at radius 1 is 0.912 bits per heavy atom. The molecule has 2 aliphatic heterocycles. The molecule has 2 aliphatic carbocycles. The van der Waals surface area contributed by atoms with E-state index >= 15 is 0 Å². The summed E-state index contributed by atoms with van der Waals surface area (Å²) in [6, 6.07) is 19.9. The van der Waals surface area contributed by atoms with Crippen LogP contribution in [0, 0.1) is 23.2 Å².